The number of hydrogen-bond donors (Lipinski definition) is 2. The van der Waals surface area contributed by atoms with Gasteiger partial charge in [0.2, 0.25) is 0 Å². The molecule has 2 N–H and O–H groups in total. The molecule has 88 valence electrons. The minimum Gasteiger partial charge on any atom is -0.316 e. The van der Waals surface area contributed by atoms with Gasteiger partial charge in [-0.2, -0.15) is 0 Å². The van der Waals surface area contributed by atoms with E-state index in [1.165, 1.54) is 51.7 Å². The second kappa shape index (κ2) is 4.84. The molecular weight excluding hydrogens is 184 g/mol. The van der Waals surface area contributed by atoms with E-state index in [2.05, 4.69) is 24.5 Å². The van der Waals surface area contributed by atoms with Crippen LogP contribution in [-0.4, -0.2) is 25.7 Å². The van der Waals surface area contributed by atoms with Gasteiger partial charge in [0.1, 0.15) is 0 Å². The van der Waals surface area contributed by atoms with Gasteiger partial charge in [-0.25, -0.2) is 0 Å². The molecule has 1 aliphatic carbocycles. The van der Waals surface area contributed by atoms with Crippen molar-refractivity contribution in [1.29, 1.82) is 0 Å². The molecule has 2 nitrogen and oxygen atoms in total. The fourth-order valence-electron chi connectivity index (χ4n) is 2.79. The topological polar surface area (TPSA) is 24.1 Å². The second-order valence-corrected chi connectivity index (χ2v) is 5.73. The average molecular weight is 210 g/mol. The molecule has 2 aliphatic rings. The summed E-state index contributed by atoms with van der Waals surface area (Å²) in [6.07, 6.45) is 6.99. The van der Waals surface area contributed by atoms with Crippen LogP contribution in [-0.2, 0) is 0 Å². The van der Waals surface area contributed by atoms with Gasteiger partial charge in [-0.3, -0.25) is 0 Å². The summed E-state index contributed by atoms with van der Waals surface area (Å²) < 4.78 is 0. The number of piperidine rings is 1. The van der Waals surface area contributed by atoms with Crippen LogP contribution < -0.4 is 10.6 Å². The molecule has 0 amide bonds. The predicted molar refractivity (Wildman–Crippen MR) is 65.0 cm³/mol. The van der Waals surface area contributed by atoms with E-state index < -0.39 is 0 Å². The van der Waals surface area contributed by atoms with Crippen LogP contribution in [0.2, 0.25) is 0 Å². The lowest BCUT2D eigenvalue weighted by molar-refractivity contribution is 0.295. The number of hydrogen-bond acceptors (Lipinski definition) is 2. The van der Waals surface area contributed by atoms with Crippen LogP contribution in [0.25, 0.3) is 0 Å². The highest BCUT2D eigenvalue weighted by Crippen LogP contribution is 2.47. The smallest absolute Gasteiger partial charge is 0.00418 e. The van der Waals surface area contributed by atoms with Crippen molar-refractivity contribution in [3.8, 4) is 0 Å². The minimum atomic E-state index is 0.707. The SMILES string of the molecule is CCC1(CNCC2CCNC(C)C2)CC1. The Morgan fingerprint density at radius 2 is 2.20 bits per heavy atom. The third-order valence-electron chi connectivity index (χ3n) is 4.37. The Kier molecular flexibility index (Phi) is 3.68. The Labute approximate surface area is 94.2 Å². The van der Waals surface area contributed by atoms with Gasteiger partial charge in [0.25, 0.3) is 0 Å². The second-order valence-electron chi connectivity index (χ2n) is 5.73. The molecule has 1 saturated carbocycles. The molecule has 15 heavy (non-hydrogen) atoms. The van der Waals surface area contributed by atoms with E-state index in [0.29, 0.717) is 5.41 Å². The van der Waals surface area contributed by atoms with Crippen LogP contribution in [0.4, 0.5) is 0 Å². The highest BCUT2D eigenvalue weighted by Gasteiger charge is 2.39. The molecule has 0 aromatic carbocycles. The van der Waals surface area contributed by atoms with E-state index in [1.807, 2.05) is 0 Å². The largest absolute Gasteiger partial charge is 0.316 e. The molecule has 2 unspecified atom stereocenters. The van der Waals surface area contributed by atoms with Gasteiger partial charge in [-0.1, -0.05) is 6.92 Å². The van der Waals surface area contributed by atoms with Crippen LogP contribution in [0, 0.1) is 11.3 Å². The van der Waals surface area contributed by atoms with E-state index in [1.54, 1.807) is 0 Å². The van der Waals surface area contributed by atoms with Gasteiger partial charge in [0.05, 0.1) is 0 Å². The van der Waals surface area contributed by atoms with Gasteiger partial charge >= 0.3 is 0 Å². The van der Waals surface area contributed by atoms with E-state index in [9.17, 15) is 0 Å². The quantitative estimate of drug-likeness (QED) is 0.726. The van der Waals surface area contributed by atoms with E-state index in [4.69, 9.17) is 0 Å². The maximum atomic E-state index is 3.70. The molecule has 0 spiro atoms. The summed E-state index contributed by atoms with van der Waals surface area (Å²) in [4.78, 5) is 0. The molecule has 2 rings (SSSR count). The molecule has 0 aromatic heterocycles. The van der Waals surface area contributed by atoms with Gasteiger partial charge in [0, 0.05) is 12.6 Å². The van der Waals surface area contributed by atoms with Crippen LogP contribution in [0.5, 0.6) is 0 Å². The lowest BCUT2D eigenvalue weighted by Gasteiger charge is -2.28. The first-order valence-electron chi connectivity index (χ1n) is 6.68. The normalized spacial score (nSPS) is 34.0. The van der Waals surface area contributed by atoms with Crippen molar-refractivity contribution < 1.29 is 0 Å². The first-order chi connectivity index (χ1) is 7.24. The summed E-state index contributed by atoms with van der Waals surface area (Å²) in [7, 11) is 0. The highest BCUT2D eigenvalue weighted by atomic mass is 14.9. The van der Waals surface area contributed by atoms with Gasteiger partial charge in [-0.05, 0) is 63.5 Å². The maximum Gasteiger partial charge on any atom is 0.00418 e. The lowest BCUT2D eigenvalue weighted by atomic mass is 9.93. The van der Waals surface area contributed by atoms with Crippen LogP contribution in [0.1, 0.15) is 46.0 Å². The molecule has 0 bridgehead atoms. The van der Waals surface area contributed by atoms with Crippen molar-refractivity contribution in [2.45, 2.75) is 52.0 Å². The van der Waals surface area contributed by atoms with Crippen molar-refractivity contribution >= 4 is 0 Å². The molecule has 1 heterocycles. The molecule has 1 aliphatic heterocycles. The molecule has 2 heteroatoms. The van der Waals surface area contributed by atoms with Crippen molar-refractivity contribution in [3.63, 3.8) is 0 Å². The van der Waals surface area contributed by atoms with Crippen molar-refractivity contribution in [1.82, 2.24) is 10.6 Å². The van der Waals surface area contributed by atoms with Crippen molar-refractivity contribution in [2.24, 2.45) is 11.3 Å². The fourth-order valence-corrected chi connectivity index (χ4v) is 2.79. The van der Waals surface area contributed by atoms with E-state index >= 15 is 0 Å². The Morgan fingerprint density at radius 1 is 1.40 bits per heavy atom. The fraction of sp³-hybridized carbons (Fsp3) is 1.00. The first-order valence-corrected chi connectivity index (χ1v) is 6.68. The highest BCUT2D eigenvalue weighted by molar-refractivity contribution is 4.93. The maximum absolute atomic E-state index is 3.70. The zero-order valence-corrected chi connectivity index (χ0v) is 10.3. The predicted octanol–water partition coefficient (Wildman–Crippen LogP) is 2.15. The summed E-state index contributed by atoms with van der Waals surface area (Å²) >= 11 is 0. The summed E-state index contributed by atoms with van der Waals surface area (Å²) in [5.74, 6) is 0.911. The number of rotatable bonds is 5. The Balaban J connectivity index is 1.61. The lowest BCUT2D eigenvalue weighted by Crippen LogP contribution is -2.40. The van der Waals surface area contributed by atoms with Gasteiger partial charge in [0.15, 0.2) is 0 Å². The van der Waals surface area contributed by atoms with Crippen LogP contribution >= 0.6 is 0 Å². The molecular formula is C13H26N2. The summed E-state index contributed by atoms with van der Waals surface area (Å²) in [5, 5.41) is 7.22. The summed E-state index contributed by atoms with van der Waals surface area (Å²) in [6.45, 7) is 8.36. The summed E-state index contributed by atoms with van der Waals surface area (Å²) in [6, 6.07) is 0.728. The van der Waals surface area contributed by atoms with Crippen LogP contribution in [0.3, 0.4) is 0 Å². The monoisotopic (exact) mass is 210 g/mol. The zero-order chi connectivity index (χ0) is 10.7. The molecule has 2 atom stereocenters. The molecule has 2 fully saturated rings. The summed E-state index contributed by atoms with van der Waals surface area (Å²) in [5.41, 5.74) is 0.707. The third kappa shape index (κ3) is 3.18. The Bertz CT molecular complexity index is 199. The van der Waals surface area contributed by atoms with E-state index in [-0.39, 0.29) is 0 Å². The van der Waals surface area contributed by atoms with Crippen molar-refractivity contribution in [3.05, 3.63) is 0 Å². The standard InChI is InChI=1S/C13H26N2/c1-3-13(5-6-13)10-14-9-12-4-7-15-11(2)8-12/h11-12,14-15H,3-10H2,1-2H3. The van der Waals surface area contributed by atoms with Crippen molar-refractivity contribution in [2.75, 3.05) is 19.6 Å². The van der Waals surface area contributed by atoms with Gasteiger partial charge < -0.3 is 10.6 Å². The Morgan fingerprint density at radius 3 is 2.80 bits per heavy atom. The molecule has 0 radical (unpaired) electrons. The minimum absolute atomic E-state index is 0.707. The van der Waals surface area contributed by atoms with Crippen LogP contribution in [0.15, 0.2) is 0 Å². The van der Waals surface area contributed by atoms with Gasteiger partial charge in [-0.15, -0.1) is 0 Å². The Hall–Kier alpha value is -0.0800. The molecule has 0 aromatic rings. The molecule has 1 saturated heterocycles. The zero-order valence-electron chi connectivity index (χ0n) is 10.3. The average Bonchev–Trinajstić information content (AvgIpc) is 2.99. The third-order valence-corrected chi connectivity index (χ3v) is 4.37. The van der Waals surface area contributed by atoms with E-state index in [0.717, 1.165) is 12.0 Å². The first kappa shape index (κ1) is 11.4. The number of nitrogens with one attached hydrogen (secondary N) is 2.